The Morgan fingerprint density at radius 1 is 1.07 bits per heavy atom. The fourth-order valence-electron chi connectivity index (χ4n) is 2.71. The van der Waals surface area contributed by atoms with Crippen LogP contribution in [0.3, 0.4) is 0 Å². The van der Waals surface area contributed by atoms with Crippen LogP contribution < -0.4 is 5.76 Å². The third-order valence-corrected chi connectivity index (χ3v) is 4.96. The second-order valence-electron chi connectivity index (χ2n) is 5.85. The summed E-state index contributed by atoms with van der Waals surface area (Å²) < 4.78 is 11.1. The van der Waals surface area contributed by atoms with Gasteiger partial charge in [-0.1, -0.05) is 18.2 Å². The maximum absolute atomic E-state index is 12.2. The molecule has 0 radical (unpaired) electrons. The minimum atomic E-state index is -0.684. The van der Waals surface area contributed by atoms with Gasteiger partial charge in [-0.3, -0.25) is 14.4 Å². The quantitative estimate of drug-likeness (QED) is 0.458. The third kappa shape index (κ3) is 3.25. The molecule has 0 fully saturated rings. The highest BCUT2D eigenvalue weighted by Gasteiger charge is 2.35. The van der Waals surface area contributed by atoms with Crippen molar-refractivity contribution in [2.24, 2.45) is 0 Å². The number of fused-ring (bicyclic) bond motifs is 1. The number of hydrogen-bond donors (Lipinski definition) is 0. The summed E-state index contributed by atoms with van der Waals surface area (Å²) in [5.41, 5.74) is 0.553. The van der Waals surface area contributed by atoms with Crippen LogP contribution in [0.1, 0.15) is 27.1 Å². The van der Waals surface area contributed by atoms with Crippen molar-refractivity contribution >= 4 is 29.1 Å². The number of imide groups is 1. The van der Waals surface area contributed by atoms with Crippen LogP contribution in [-0.4, -0.2) is 39.2 Å². The van der Waals surface area contributed by atoms with Gasteiger partial charge in [0, 0.05) is 0 Å². The van der Waals surface area contributed by atoms with Gasteiger partial charge in [-0.05, 0) is 23.6 Å². The summed E-state index contributed by atoms with van der Waals surface area (Å²) in [5.74, 6) is -2.21. The van der Waals surface area contributed by atoms with E-state index in [1.165, 1.54) is 11.3 Å². The molecule has 0 atom stereocenters. The summed E-state index contributed by atoms with van der Waals surface area (Å²) in [4.78, 5) is 49.7. The number of hydrogen-bond acceptors (Lipinski definition) is 8. The zero-order valence-corrected chi connectivity index (χ0v) is 15.2. The summed E-state index contributed by atoms with van der Waals surface area (Å²) in [6.07, 6.45) is -0.167. The van der Waals surface area contributed by atoms with Gasteiger partial charge in [0.2, 0.25) is 0 Å². The van der Waals surface area contributed by atoms with E-state index < -0.39 is 30.3 Å². The number of carbonyl (C=O) groups is 3. The second-order valence-corrected chi connectivity index (χ2v) is 6.80. The molecule has 3 aromatic rings. The number of rotatable bonds is 6. The number of benzene rings is 1. The van der Waals surface area contributed by atoms with Crippen LogP contribution >= 0.6 is 11.3 Å². The Kier molecular flexibility index (Phi) is 4.62. The van der Waals surface area contributed by atoms with Gasteiger partial charge in [-0.2, -0.15) is 4.68 Å². The number of thiophene rings is 1. The van der Waals surface area contributed by atoms with Crippen molar-refractivity contribution in [2.45, 2.75) is 13.0 Å². The van der Waals surface area contributed by atoms with Crippen LogP contribution in [0.15, 0.2) is 51.0 Å². The van der Waals surface area contributed by atoms with E-state index in [0.29, 0.717) is 4.88 Å². The van der Waals surface area contributed by atoms with Crippen molar-refractivity contribution in [1.29, 1.82) is 0 Å². The van der Waals surface area contributed by atoms with E-state index in [9.17, 15) is 19.2 Å². The minimum absolute atomic E-state index is 0.0470. The molecule has 0 saturated heterocycles. The van der Waals surface area contributed by atoms with Crippen LogP contribution in [0.5, 0.6) is 0 Å². The number of carbonyl (C=O) groups excluding carboxylic acids is 3. The van der Waals surface area contributed by atoms with E-state index in [-0.39, 0.29) is 30.0 Å². The van der Waals surface area contributed by atoms with Gasteiger partial charge in [-0.25, -0.2) is 9.69 Å². The molecular weight excluding hydrogens is 386 g/mol. The molecular formula is C18H13N3O6S. The molecule has 1 aliphatic rings. The lowest BCUT2D eigenvalue weighted by molar-refractivity contribution is -0.146. The predicted octanol–water partition coefficient (Wildman–Crippen LogP) is 1.75. The fraction of sp³-hybridized carbons (Fsp3) is 0.167. The van der Waals surface area contributed by atoms with Crippen LogP contribution in [0.2, 0.25) is 0 Å². The number of aromatic nitrogens is 2. The molecule has 1 aliphatic heterocycles. The van der Waals surface area contributed by atoms with Gasteiger partial charge >= 0.3 is 11.7 Å². The molecule has 2 amide bonds. The largest absolute Gasteiger partial charge is 0.444 e. The van der Waals surface area contributed by atoms with Gasteiger partial charge in [0.15, 0.2) is 6.73 Å². The number of ether oxygens (including phenoxy) is 1. The van der Waals surface area contributed by atoms with E-state index in [1.807, 2.05) is 5.38 Å². The zero-order chi connectivity index (χ0) is 19.7. The SMILES string of the molecule is O=C(CCn1nc(-c2cccs2)oc1=O)OCN1C(=O)c2ccccc2C1=O. The van der Waals surface area contributed by atoms with Gasteiger partial charge in [-0.15, -0.1) is 16.4 Å². The smallest absolute Gasteiger partial charge is 0.437 e. The van der Waals surface area contributed by atoms with Crippen molar-refractivity contribution in [3.05, 3.63) is 63.5 Å². The van der Waals surface area contributed by atoms with E-state index >= 15 is 0 Å². The lowest BCUT2D eigenvalue weighted by Gasteiger charge is -2.13. The molecule has 0 bridgehead atoms. The van der Waals surface area contributed by atoms with Crippen LogP contribution in [0.25, 0.3) is 10.8 Å². The normalized spacial score (nSPS) is 13.1. The first-order valence-electron chi connectivity index (χ1n) is 8.27. The molecule has 1 aromatic carbocycles. The van der Waals surface area contributed by atoms with E-state index in [4.69, 9.17) is 9.15 Å². The Bertz CT molecular complexity index is 1080. The molecule has 4 rings (SSSR count). The molecule has 10 heteroatoms. The van der Waals surface area contributed by atoms with Gasteiger partial charge in [0.25, 0.3) is 17.7 Å². The van der Waals surface area contributed by atoms with Crippen LogP contribution in [0, 0.1) is 0 Å². The topological polar surface area (TPSA) is 112 Å². The van der Waals surface area contributed by atoms with Crippen molar-refractivity contribution in [3.63, 3.8) is 0 Å². The number of amides is 2. The van der Waals surface area contributed by atoms with E-state index in [0.717, 1.165) is 9.58 Å². The first-order valence-corrected chi connectivity index (χ1v) is 9.15. The highest BCUT2D eigenvalue weighted by molar-refractivity contribution is 7.13. The lowest BCUT2D eigenvalue weighted by Crippen LogP contribution is -2.33. The minimum Gasteiger partial charge on any atom is -0.444 e. The van der Waals surface area contributed by atoms with Gasteiger partial charge < -0.3 is 9.15 Å². The lowest BCUT2D eigenvalue weighted by atomic mass is 10.1. The average molecular weight is 399 g/mol. The van der Waals surface area contributed by atoms with Crippen molar-refractivity contribution in [3.8, 4) is 10.8 Å². The maximum atomic E-state index is 12.2. The Hall–Kier alpha value is -3.53. The van der Waals surface area contributed by atoms with E-state index in [1.54, 1.807) is 36.4 Å². The maximum Gasteiger partial charge on any atom is 0.437 e. The highest BCUT2D eigenvalue weighted by Crippen LogP contribution is 2.22. The third-order valence-electron chi connectivity index (χ3n) is 4.10. The molecule has 9 nitrogen and oxygen atoms in total. The van der Waals surface area contributed by atoms with Crippen molar-refractivity contribution < 1.29 is 23.5 Å². The molecule has 0 unspecified atom stereocenters. The molecule has 2 aromatic heterocycles. The number of aryl methyl sites for hydroxylation is 1. The predicted molar refractivity (Wildman–Crippen MR) is 96.6 cm³/mol. The first kappa shape index (κ1) is 17.9. The van der Waals surface area contributed by atoms with Gasteiger partial charge in [0.05, 0.1) is 29.0 Å². The summed E-state index contributed by atoms with van der Waals surface area (Å²) >= 11 is 1.37. The molecule has 28 heavy (non-hydrogen) atoms. The first-order chi connectivity index (χ1) is 13.5. The molecule has 0 spiro atoms. The molecule has 0 N–H and O–H groups in total. The summed E-state index contributed by atoms with van der Waals surface area (Å²) in [6, 6.07) is 9.95. The number of nitrogens with zero attached hydrogens (tertiary/aromatic N) is 3. The summed E-state index contributed by atoms with van der Waals surface area (Å²) in [7, 11) is 0. The Labute approximate surface area is 161 Å². The molecule has 0 saturated carbocycles. The summed E-state index contributed by atoms with van der Waals surface area (Å²) in [6.45, 7) is -0.534. The van der Waals surface area contributed by atoms with Crippen LogP contribution in [0.4, 0.5) is 0 Å². The highest BCUT2D eigenvalue weighted by atomic mass is 32.1. The Morgan fingerprint density at radius 2 is 1.79 bits per heavy atom. The van der Waals surface area contributed by atoms with Crippen LogP contribution in [-0.2, 0) is 16.1 Å². The standard InChI is InChI=1S/C18H13N3O6S/c22-14(7-8-21-18(25)27-15(19-21)13-6-3-9-28-13)26-10-20-16(23)11-4-1-2-5-12(11)17(20)24/h1-6,9H,7-8,10H2. The second kappa shape index (κ2) is 7.24. The summed E-state index contributed by atoms with van der Waals surface area (Å²) in [5, 5.41) is 5.86. The fourth-order valence-corrected chi connectivity index (χ4v) is 3.35. The molecule has 142 valence electrons. The Morgan fingerprint density at radius 3 is 2.43 bits per heavy atom. The average Bonchev–Trinajstić information content (AvgIpc) is 3.40. The van der Waals surface area contributed by atoms with Gasteiger partial charge in [0.1, 0.15) is 0 Å². The number of esters is 1. The van der Waals surface area contributed by atoms with Crippen molar-refractivity contribution in [1.82, 2.24) is 14.7 Å². The van der Waals surface area contributed by atoms with E-state index in [2.05, 4.69) is 5.10 Å². The molecule has 3 heterocycles. The zero-order valence-electron chi connectivity index (χ0n) is 14.4. The molecule has 0 aliphatic carbocycles. The Balaban J connectivity index is 1.33. The van der Waals surface area contributed by atoms with Crippen molar-refractivity contribution in [2.75, 3.05) is 6.73 Å². The monoisotopic (exact) mass is 399 g/mol.